The molecule has 8 heteroatoms. The van der Waals surface area contributed by atoms with Crippen LogP contribution in [-0.4, -0.2) is 43.3 Å². The number of hydrogen-bond acceptors (Lipinski definition) is 6. The molecule has 0 unspecified atom stereocenters. The van der Waals surface area contributed by atoms with Crippen LogP contribution in [0.3, 0.4) is 0 Å². The fourth-order valence-corrected chi connectivity index (χ4v) is 6.91. The molecular formula is C32H35FINO5. The minimum Gasteiger partial charge on any atom is -0.490 e. The lowest BCUT2D eigenvalue weighted by molar-refractivity contribution is -0.117. The lowest BCUT2D eigenvalue weighted by atomic mass is 9.71. The molecule has 0 aromatic heterocycles. The number of allylic oxidation sites excluding steroid dienone is 4. The first-order valence-electron chi connectivity index (χ1n) is 14.0. The zero-order valence-corrected chi connectivity index (χ0v) is 25.2. The Bertz CT molecular complexity index is 1320. The van der Waals surface area contributed by atoms with Crippen LogP contribution in [0, 0.1) is 9.39 Å². The molecule has 2 aliphatic carbocycles. The van der Waals surface area contributed by atoms with Gasteiger partial charge in [-0.25, -0.2) is 4.39 Å². The molecule has 2 aromatic rings. The standard InChI is InChI=1S/C32H35FINO5/c1-3-39-28-18-21(17-23(34)32(28)40-19-20-8-4-9-22(33)16-20)29-30-24(10-5-12-26(30)36)35(14-7-15-38-2)25-11-6-13-27(37)31(25)29/h4,8-9,16-18,29H,3,5-7,10-15,19H2,1-2H3. The molecule has 0 spiro atoms. The predicted molar refractivity (Wildman–Crippen MR) is 159 cm³/mol. The normalized spacial score (nSPS) is 17.8. The smallest absolute Gasteiger partial charge is 0.174 e. The molecule has 0 atom stereocenters. The third kappa shape index (κ3) is 5.84. The third-order valence-electron chi connectivity index (χ3n) is 7.75. The Labute approximate surface area is 248 Å². The van der Waals surface area contributed by atoms with Gasteiger partial charge in [0, 0.05) is 61.6 Å². The SMILES string of the molecule is CCOc1cc(C2C3=C(CCCC3=O)N(CCCOC)C3=C2C(=O)CCC3)cc(I)c1OCc1cccc(F)c1. The minimum absolute atomic E-state index is 0.118. The Morgan fingerprint density at radius 1 is 0.975 bits per heavy atom. The largest absolute Gasteiger partial charge is 0.490 e. The number of Topliss-reactive ketones (excluding diaryl/α,β-unsaturated/α-hetero) is 2. The van der Waals surface area contributed by atoms with E-state index in [0.717, 1.165) is 70.3 Å². The van der Waals surface area contributed by atoms with E-state index in [1.165, 1.54) is 12.1 Å². The fourth-order valence-electron chi connectivity index (χ4n) is 6.13. The van der Waals surface area contributed by atoms with Gasteiger partial charge in [-0.15, -0.1) is 0 Å². The molecule has 0 N–H and O–H groups in total. The summed E-state index contributed by atoms with van der Waals surface area (Å²) >= 11 is 2.22. The van der Waals surface area contributed by atoms with Gasteiger partial charge >= 0.3 is 0 Å². The fraction of sp³-hybridized carbons (Fsp3) is 0.438. The Kier molecular flexibility index (Phi) is 9.25. The summed E-state index contributed by atoms with van der Waals surface area (Å²) in [6.45, 7) is 3.88. The van der Waals surface area contributed by atoms with Crippen molar-refractivity contribution in [3.05, 3.63) is 79.5 Å². The number of ketones is 2. The van der Waals surface area contributed by atoms with E-state index in [9.17, 15) is 14.0 Å². The summed E-state index contributed by atoms with van der Waals surface area (Å²) in [5.41, 5.74) is 5.21. The number of rotatable bonds is 10. The average Bonchev–Trinajstić information content (AvgIpc) is 2.93. The van der Waals surface area contributed by atoms with Crippen LogP contribution < -0.4 is 9.47 Å². The van der Waals surface area contributed by atoms with Gasteiger partial charge in [0.25, 0.3) is 0 Å². The number of nitrogens with zero attached hydrogens (tertiary/aromatic N) is 1. The average molecular weight is 660 g/mol. The number of ether oxygens (including phenoxy) is 3. The van der Waals surface area contributed by atoms with Crippen LogP contribution in [0.5, 0.6) is 11.5 Å². The molecule has 0 saturated carbocycles. The van der Waals surface area contributed by atoms with Crippen molar-refractivity contribution in [3.63, 3.8) is 0 Å². The second-order valence-electron chi connectivity index (χ2n) is 10.4. The Morgan fingerprint density at radius 2 is 1.68 bits per heavy atom. The molecule has 0 bridgehead atoms. The van der Waals surface area contributed by atoms with Crippen LogP contribution in [0.1, 0.15) is 68.9 Å². The second kappa shape index (κ2) is 12.9. The van der Waals surface area contributed by atoms with Crippen LogP contribution in [0.15, 0.2) is 58.9 Å². The topological polar surface area (TPSA) is 65.1 Å². The van der Waals surface area contributed by atoms with E-state index in [-0.39, 0.29) is 24.0 Å². The van der Waals surface area contributed by atoms with Crippen LogP contribution in [0.2, 0.25) is 0 Å². The number of hydrogen-bond donors (Lipinski definition) is 0. The van der Waals surface area contributed by atoms with Gasteiger partial charge in [-0.05, 0) is 97.0 Å². The highest BCUT2D eigenvalue weighted by Crippen LogP contribution is 2.50. The van der Waals surface area contributed by atoms with Crippen molar-refractivity contribution in [2.45, 2.75) is 64.4 Å². The first kappa shape index (κ1) is 28.8. The Balaban J connectivity index is 1.59. The molecule has 1 heterocycles. The molecular weight excluding hydrogens is 624 g/mol. The first-order valence-corrected chi connectivity index (χ1v) is 15.1. The van der Waals surface area contributed by atoms with Crippen LogP contribution in [-0.2, 0) is 20.9 Å². The van der Waals surface area contributed by atoms with Gasteiger partial charge < -0.3 is 19.1 Å². The summed E-state index contributed by atoms with van der Waals surface area (Å²) in [7, 11) is 1.69. The molecule has 5 rings (SSSR count). The molecule has 0 amide bonds. The quantitative estimate of drug-likeness (QED) is 0.205. The Morgan fingerprint density at radius 3 is 2.30 bits per heavy atom. The van der Waals surface area contributed by atoms with Gasteiger partial charge in [0.15, 0.2) is 23.1 Å². The number of carbonyl (C=O) groups excluding carboxylic acids is 2. The number of methoxy groups -OCH3 is 1. The van der Waals surface area contributed by atoms with E-state index in [1.807, 2.05) is 25.1 Å². The summed E-state index contributed by atoms with van der Waals surface area (Å²) in [5, 5.41) is 0. The molecule has 40 heavy (non-hydrogen) atoms. The number of carbonyl (C=O) groups is 2. The van der Waals surface area contributed by atoms with Crippen molar-refractivity contribution in [1.29, 1.82) is 0 Å². The molecule has 0 saturated heterocycles. The molecule has 1 aliphatic heterocycles. The van der Waals surface area contributed by atoms with E-state index < -0.39 is 5.92 Å². The van der Waals surface area contributed by atoms with E-state index in [0.29, 0.717) is 43.1 Å². The van der Waals surface area contributed by atoms with Gasteiger partial charge in [-0.3, -0.25) is 9.59 Å². The van der Waals surface area contributed by atoms with Crippen LogP contribution in [0.4, 0.5) is 4.39 Å². The van der Waals surface area contributed by atoms with E-state index >= 15 is 0 Å². The zero-order chi connectivity index (χ0) is 28.2. The highest BCUT2D eigenvalue weighted by molar-refractivity contribution is 14.1. The van der Waals surface area contributed by atoms with E-state index in [2.05, 4.69) is 27.5 Å². The molecule has 0 fully saturated rings. The van der Waals surface area contributed by atoms with Gasteiger partial charge in [0.2, 0.25) is 0 Å². The van der Waals surface area contributed by atoms with Crippen molar-refractivity contribution in [3.8, 4) is 11.5 Å². The van der Waals surface area contributed by atoms with Gasteiger partial charge in [0.05, 0.1) is 10.2 Å². The molecule has 3 aliphatic rings. The summed E-state index contributed by atoms with van der Waals surface area (Å²) in [4.78, 5) is 29.4. The van der Waals surface area contributed by atoms with E-state index in [4.69, 9.17) is 14.2 Å². The summed E-state index contributed by atoms with van der Waals surface area (Å²) in [6, 6.07) is 10.3. The second-order valence-corrected chi connectivity index (χ2v) is 11.5. The van der Waals surface area contributed by atoms with Crippen molar-refractivity contribution < 1.29 is 28.2 Å². The number of benzene rings is 2. The lowest BCUT2D eigenvalue weighted by Crippen LogP contribution is -2.39. The van der Waals surface area contributed by atoms with Gasteiger partial charge in [-0.1, -0.05) is 12.1 Å². The van der Waals surface area contributed by atoms with Crippen molar-refractivity contribution in [2.24, 2.45) is 0 Å². The third-order valence-corrected chi connectivity index (χ3v) is 8.56. The summed E-state index contributed by atoms with van der Waals surface area (Å²) in [6.07, 6.45) is 5.07. The van der Waals surface area contributed by atoms with Crippen LogP contribution in [0.25, 0.3) is 0 Å². The minimum atomic E-state index is -0.422. The molecule has 6 nitrogen and oxygen atoms in total. The zero-order valence-electron chi connectivity index (χ0n) is 23.1. The highest BCUT2D eigenvalue weighted by Gasteiger charge is 2.43. The van der Waals surface area contributed by atoms with Gasteiger partial charge in [-0.2, -0.15) is 0 Å². The maximum atomic E-state index is 13.7. The van der Waals surface area contributed by atoms with Gasteiger partial charge in [0.1, 0.15) is 12.4 Å². The monoisotopic (exact) mass is 659 g/mol. The maximum absolute atomic E-state index is 13.7. The van der Waals surface area contributed by atoms with E-state index in [1.54, 1.807) is 13.2 Å². The van der Waals surface area contributed by atoms with Crippen molar-refractivity contribution in [2.75, 3.05) is 26.9 Å². The maximum Gasteiger partial charge on any atom is 0.174 e. The number of halogens is 2. The summed E-state index contributed by atoms with van der Waals surface area (Å²) < 4.78 is 32.1. The molecule has 212 valence electrons. The molecule has 2 aromatic carbocycles. The molecule has 0 radical (unpaired) electrons. The van der Waals surface area contributed by atoms with Crippen LogP contribution >= 0.6 is 22.6 Å². The Hall–Kier alpha value is -2.72. The van der Waals surface area contributed by atoms with Crippen molar-refractivity contribution >= 4 is 34.2 Å². The predicted octanol–water partition coefficient (Wildman–Crippen LogP) is 6.86. The first-order chi connectivity index (χ1) is 19.4. The highest BCUT2D eigenvalue weighted by atomic mass is 127. The lowest BCUT2D eigenvalue weighted by Gasteiger charge is -2.44. The van der Waals surface area contributed by atoms with Crippen molar-refractivity contribution in [1.82, 2.24) is 4.90 Å². The summed E-state index contributed by atoms with van der Waals surface area (Å²) in [5.74, 6) is 0.626.